The van der Waals surface area contributed by atoms with Crippen molar-refractivity contribution < 1.29 is 4.79 Å². The molecule has 2 rings (SSSR count). The van der Waals surface area contributed by atoms with Gasteiger partial charge < -0.3 is 9.80 Å². The second-order valence-corrected chi connectivity index (χ2v) is 5.35. The molecule has 2 atom stereocenters. The molecule has 0 bridgehead atoms. The molecule has 18 heavy (non-hydrogen) atoms. The summed E-state index contributed by atoms with van der Waals surface area (Å²) >= 11 is 0. The van der Waals surface area contributed by atoms with Gasteiger partial charge in [0.05, 0.1) is 0 Å². The van der Waals surface area contributed by atoms with E-state index >= 15 is 0 Å². The number of carbonyl (C=O) groups is 1. The smallest absolute Gasteiger partial charge is 0.139 e. The Hall–Kier alpha value is -1.51. The van der Waals surface area contributed by atoms with Crippen LogP contribution in [0.1, 0.15) is 20.3 Å². The van der Waals surface area contributed by atoms with Crippen LogP contribution in [-0.2, 0) is 4.79 Å². The van der Waals surface area contributed by atoms with Crippen LogP contribution in [0.15, 0.2) is 24.3 Å². The Kier molecular flexibility index (Phi) is 3.60. The maximum Gasteiger partial charge on any atom is 0.139 e. The average Bonchev–Trinajstić information content (AvgIpc) is 2.36. The molecule has 1 aliphatic rings. The zero-order valence-electron chi connectivity index (χ0n) is 11.7. The lowest BCUT2D eigenvalue weighted by molar-refractivity contribution is -0.123. The van der Waals surface area contributed by atoms with E-state index in [0.717, 1.165) is 6.54 Å². The van der Waals surface area contributed by atoms with Crippen LogP contribution in [-0.4, -0.2) is 32.5 Å². The van der Waals surface area contributed by atoms with E-state index in [1.807, 2.05) is 21.0 Å². The summed E-state index contributed by atoms with van der Waals surface area (Å²) in [6, 6.07) is 8.84. The standard InChI is InChI=1S/C15H22N2O/c1-11-12(2)17(10-9-15(11)18)14-7-5-13(6-8-14)16(3)4/h5-8,11-12H,9-10H2,1-4H3. The van der Waals surface area contributed by atoms with Crippen molar-refractivity contribution in [2.24, 2.45) is 5.92 Å². The summed E-state index contributed by atoms with van der Waals surface area (Å²) in [5.74, 6) is 0.524. The summed E-state index contributed by atoms with van der Waals surface area (Å²) < 4.78 is 0. The minimum atomic E-state index is 0.132. The molecule has 1 aromatic carbocycles. The molecule has 0 aliphatic carbocycles. The first-order chi connectivity index (χ1) is 8.50. The van der Waals surface area contributed by atoms with Gasteiger partial charge in [0.15, 0.2) is 0 Å². The highest BCUT2D eigenvalue weighted by Gasteiger charge is 2.30. The highest BCUT2D eigenvalue weighted by molar-refractivity contribution is 5.84. The van der Waals surface area contributed by atoms with Gasteiger partial charge in [0.25, 0.3) is 0 Å². The maximum absolute atomic E-state index is 11.7. The van der Waals surface area contributed by atoms with Crippen LogP contribution in [0.4, 0.5) is 11.4 Å². The molecule has 0 radical (unpaired) electrons. The Morgan fingerprint density at radius 1 is 1.17 bits per heavy atom. The molecule has 3 nitrogen and oxygen atoms in total. The number of rotatable bonds is 2. The Labute approximate surface area is 109 Å². The molecule has 0 spiro atoms. The quantitative estimate of drug-likeness (QED) is 0.801. The predicted octanol–water partition coefficient (Wildman–Crippen LogP) is 2.56. The van der Waals surface area contributed by atoms with Gasteiger partial charge in [-0.25, -0.2) is 0 Å². The Morgan fingerprint density at radius 2 is 1.78 bits per heavy atom. The topological polar surface area (TPSA) is 23.6 Å². The van der Waals surface area contributed by atoms with Crippen LogP contribution in [0.5, 0.6) is 0 Å². The van der Waals surface area contributed by atoms with Gasteiger partial charge >= 0.3 is 0 Å². The molecule has 1 heterocycles. The van der Waals surface area contributed by atoms with Crippen LogP contribution < -0.4 is 9.80 Å². The lowest BCUT2D eigenvalue weighted by atomic mass is 9.90. The van der Waals surface area contributed by atoms with E-state index in [2.05, 4.69) is 41.0 Å². The maximum atomic E-state index is 11.7. The van der Waals surface area contributed by atoms with Crippen LogP contribution in [0, 0.1) is 5.92 Å². The molecule has 0 aromatic heterocycles. The molecule has 0 saturated carbocycles. The zero-order valence-corrected chi connectivity index (χ0v) is 11.7. The van der Waals surface area contributed by atoms with Gasteiger partial charge in [-0.1, -0.05) is 6.92 Å². The predicted molar refractivity (Wildman–Crippen MR) is 76.4 cm³/mol. The highest BCUT2D eigenvalue weighted by Crippen LogP contribution is 2.27. The number of nitrogens with zero attached hydrogens (tertiary/aromatic N) is 2. The first-order valence-corrected chi connectivity index (χ1v) is 6.57. The first kappa shape index (κ1) is 12.9. The molecule has 0 N–H and O–H groups in total. The number of anilines is 2. The zero-order chi connectivity index (χ0) is 13.3. The van der Waals surface area contributed by atoms with Crippen molar-refractivity contribution in [1.82, 2.24) is 0 Å². The number of piperidine rings is 1. The summed E-state index contributed by atoms with van der Waals surface area (Å²) in [6.45, 7) is 5.01. The second-order valence-electron chi connectivity index (χ2n) is 5.35. The van der Waals surface area contributed by atoms with E-state index in [0.29, 0.717) is 12.2 Å². The van der Waals surface area contributed by atoms with E-state index < -0.39 is 0 Å². The third-order valence-electron chi connectivity index (χ3n) is 4.02. The van der Waals surface area contributed by atoms with Crippen LogP contribution >= 0.6 is 0 Å². The van der Waals surface area contributed by atoms with Crippen molar-refractivity contribution in [2.45, 2.75) is 26.3 Å². The minimum absolute atomic E-state index is 0.132. The molecule has 1 aliphatic heterocycles. The van der Waals surface area contributed by atoms with Crippen LogP contribution in [0.2, 0.25) is 0 Å². The Morgan fingerprint density at radius 3 is 2.33 bits per heavy atom. The third-order valence-corrected chi connectivity index (χ3v) is 4.02. The van der Waals surface area contributed by atoms with E-state index in [1.165, 1.54) is 11.4 Å². The number of hydrogen-bond donors (Lipinski definition) is 0. The van der Waals surface area contributed by atoms with E-state index in [-0.39, 0.29) is 12.0 Å². The molecule has 1 saturated heterocycles. The van der Waals surface area contributed by atoms with Crippen LogP contribution in [0.25, 0.3) is 0 Å². The fourth-order valence-corrected chi connectivity index (χ4v) is 2.51. The highest BCUT2D eigenvalue weighted by atomic mass is 16.1. The molecular weight excluding hydrogens is 224 g/mol. The molecule has 2 unspecified atom stereocenters. The molecule has 98 valence electrons. The summed E-state index contributed by atoms with van der Waals surface area (Å²) in [4.78, 5) is 16.1. The third kappa shape index (κ3) is 2.35. The normalized spacial score (nSPS) is 24.2. The van der Waals surface area contributed by atoms with Gasteiger partial charge in [0.1, 0.15) is 5.78 Å². The largest absolute Gasteiger partial charge is 0.378 e. The molecular formula is C15H22N2O. The van der Waals surface area contributed by atoms with Gasteiger partial charge in [-0.15, -0.1) is 0 Å². The number of Topliss-reactive ketones (excluding diaryl/α,β-unsaturated/α-hetero) is 1. The fraction of sp³-hybridized carbons (Fsp3) is 0.533. The summed E-state index contributed by atoms with van der Waals surface area (Å²) in [7, 11) is 4.08. The molecule has 1 aromatic rings. The second kappa shape index (κ2) is 5.01. The molecule has 0 amide bonds. The molecule has 3 heteroatoms. The SMILES string of the molecule is CC1C(=O)CCN(c2ccc(N(C)C)cc2)C1C. The van der Waals surface area contributed by atoms with Crippen molar-refractivity contribution in [1.29, 1.82) is 0 Å². The number of carbonyl (C=O) groups excluding carboxylic acids is 1. The van der Waals surface area contributed by atoms with Crippen molar-refractivity contribution in [3.8, 4) is 0 Å². The van der Waals surface area contributed by atoms with E-state index in [1.54, 1.807) is 0 Å². The monoisotopic (exact) mass is 246 g/mol. The average molecular weight is 246 g/mol. The molecule has 1 fully saturated rings. The van der Waals surface area contributed by atoms with Crippen molar-refractivity contribution in [3.63, 3.8) is 0 Å². The van der Waals surface area contributed by atoms with E-state index in [9.17, 15) is 4.79 Å². The fourth-order valence-electron chi connectivity index (χ4n) is 2.51. The minimum Gasteiger partial charge on any atom is -0.378 e. The number of benzene rings is 1. The summed E-state index contributed by atoms with van der Waals surface area (Å²) in [5.41, 5.74) is 2.42. The van der Waals surface area contributed by atoms with Crippen LogP contribution in [0.3, 0.4) is 0 Å². The van der Waals surface area contributed by atoms with Gasteiger partial charge in [0.2, 0.25) is 0 Å². The van der Waals surface area contributed by atoms with Crippen molar-refractivity contribution >= 4 is 17.2 Å². The lowest BCUT2D eigenvalue weighted by Crippen LogP contribution is -2.46. The first-order valence-electron chi connectivity index (χ1n) is 6.57. The Bertz CT molecular complexity index is 425. The van der Waals surface area contributed by atoms with Gasteiger partial charge in [0, 0.05) is 50.4 Å². The summed E-state index contributed by atoms with van der Waals surface area (Å²) in [6.07, 6.45) is 0.668. The number of ketones is 1. The summed E-state index contributed by atoms with van der Waals surface area (Å²) in [5, 5.41) is 0. The van der Waals surface area contributed by atoms with Gasteiger partial charge in [-0.2, -0.15) is 0 Å². The lowest BCUT2D eigenvalue weighted by Gasteiger charge is -2.38. The Balaban J connectivity index is 2.18. The van der Waals surface area contributed by atoms with Crippen molar-refractivity contribution in [3.05, 3.63) is 24.3 Å². The van der Waals surface area contributed by atoms with Crippen molar-refractivity contribution in [2.75, 3.05) is 30.4 Å². The van der Waals surface area contributed by atoms with E-state index in [4.69, 9.17) is 0 Å². The number of hydrogen-bond acceptors (Lipinski definition) is 3. The van der Waals surface area contributed by atoms with Gasteiger partial charge in [-0.3, -0.25) is 4.79 Å². The van der Waals surface area contributed by atoms with Gasteiger partial charge in [-0.05, 0) is 31.2 Å².